The van der Waals surface area contributed by atoms with Gasteiger partial charge in [-0.05, 0) is 11.5 Å². The number of hydrogen-bond donors (Lipinski definition) is 1. The quantitative estimate of drug-likeness (QED) is 0.818. The number of nitrogens with zero attached hydrogens (tertiary/aromatic N) is 1. The Kier molecular flexibility index (Phi) is 2.33. The number of fused-ring (bicyclic) bond motifs is 1. The fraction of sp³-hybridized carbons (Fsp3) is 0.0909. The van der Waals surface area contributed by atoms with Crippen LogP contribution in [0.2, 0.25) is 0 Å². The van der Waals surface area contributed by atoms with Crippen molar-refractivity contribution in [3.05, 3.63) is 42.2 Å². The van der Waals surface area contributed by atoms with Crippen LogP contribution in [0.3, 0.4) is 0 Å². The van der Waals surface area contributed by atoms with Gasteiger partial charge < -0.3 is 5.11 Å². The third kappa shape index (κ3) is 1.66. The standard InChI is InChI=1S/C11H8FNO2/c12-10(11(14)15)8-3-1-2-7-4-5-13-6-9(7)8/h1-6,10H,(H,14,15). The van der Waals surface area contributed by atoms with Crippen LogP contribution in [0.4, 0.5) is 4.39 Å². The molecule has 2 aromatic rings. The molecule has 1 atom stereocenters. The third-order valence-corrected chi connectivity index (χ3v) is 2.21. The molecule has 0 aliphatic rings. The highest BCUT2D eigenvalue weighted by Gasteiger charge is 2.20. The van der Waals surface area contributed by atoms with Gasteiger partial charge >= 0.3 is 5.97 Å². The maximum absolute atomic E-state index is 13.4. The fourth-order valence-corrected chi connectivity index (χ4v) is 1.49. The molecule has 0 spiro atoms. The lowest BCUT2D eigenvalue weighted by atomic mass is 10.0. The molecular weight excluding hydrogens is 197 g/mol. The van der Waals surface area contributed by atoms with E-state index in [1.807, 2.05) is 0 Å². The summed E-state index contributed by atoms with van der Waals surface area (Å²) in [5.74, 6) is -1.48. The first-order chi connectivity index (χ1) is 7.20. The zero-order valence-electron chi connectivity index (χ0n) is 7.72. The molecule has 76 valence electrons. The van der Waals surface area contributed by atoms with Crippen LogP contribution in [-0.2, 0) is 4.79 Å². The molecule has 0 saturated carbocycles. The summed E-state index contributed by atoms with van der Waals surface area (Å²) >= 11 is 0. The minimum Gasteiger partial charge on any atom is -0.479 e. The lowest BCUT2D eigenvalue weighted by molar-refractivity contribution is -0.142. The molecular formula is C11H8FNO2. The van der Waals surface area contributed by atoms with Crippen LogP contribution in [0.15, 0.2) is 36.7 Å². The first-order valence-corrected chi connectivity index (χ1v) is 4.39. The van der Waals surface area contributed by atoms with Crippen LogP contribution in [0.5, 0.6) is 0 Å². The van der Waals surface area contributed by atoms with Crippen molar-refractivity contribution in [3.8, 4) is 0 Å². The van der Waals surface area contributed by atoms with Crippen molar-refractivity contribution in [1.29, 1.82) is 0 Å². The molecule has 1 heterocycles. The average Bonchev–Trinajstić information content (AvgIpc) is 2.27. The van der Waals surface area contributed by atoms with Crippen LogP contribution in [-0.4, -0.2) is 16.1 Å². The Morgan fingerprint density at radius 1 is 1.40 bits per heavy atom. The number of carbonyl (C=O) groups is 1. The fourth-order valence-electron chi connectivity index (χ4n) is 1.49. The first kappa shape index (κ1) is 9.58. The van der Waals surface area contributed by atoms with Gasteiger partial charge in [0.15, 0.2) is 0 Å². The number of hydrogen-bond acceptors (Lipinski definition) is 2. The molecule has 1 aromatic carbocycles. The largest absolute Gasteiger partial charge is 0.479 e. The number of pyridine rings is 1. The number of aromatic nitrogens is 1. The van der Waals surface area contributed by atoms with Crippen molar-refractivity contribution in [2.45, 2.75) is 6.17 Å². The van der Waals surface area contributed by atoms with E-state index < -0.39 is 12.1 Å². The average molecular weight is 205 g/mol. The van der Waals surface area contributed by atoms with Gasteiger partial charge in [0.2, 0.25) is 6.17 Å². The minimum atomic E-state index is -2.00. The van der Waals surface area contributed by atoms with E-state index in [-0.39, 0.29) is 5.56 Å². The van der Waals surface area contributed by atoms with Gasteiger partial charge in [0.1, 0.15) is 0 Å². The molecule has 2 rings (SSSR count). The molecule has 0 aliphatic carbocycles. The monoisotopic (exact) mass is 205 g/mol. The SMILES string of the molecule is O=C(O)C(F)c1cccc2ccncc12. The number of alkyl halides is 1. The number of carboxylic acid groups (broad SMARTS) is 1. The van der Waals surface area contributed by atoms with E-state index in [9.17, 15) is 9.18 Å². The number of aliphatic carboxylic acids is 1. The van der Waals surface area contributed by atoms with Gasteiger partial charge in [-0.25, -0.2) is 9.18 Å². The number of halogens is 1. The van der Waals surface area contributed by atoms with Gasteiger partial charge in [-0.3, -0.25) is 4.98 Å². The molecule has 0 amide bonds. The number of carboxylic acids is 1. The predicted octanol–water partition coefficient (Wildman–Crippen LogP) is 2.33. The van der Waals surface area contributed by atoms with Gasteiger partial charge in [0.25, 0.3) is 0 Å². The molecule has 0 fully saturated rings. The predicted molar refractivity (Wildman–Crippen MR) is 53.2 cm³/mol. The summed E-state index contributed by atoms with van der Waals surface area (Å²) in [6, 6.07) is 6.60. The Bertz CT molecular complexity index is 507. The number of benzene rings is 1. The lowest BCUT2D eigenvalue weighted by Gasteiger charge is -2.06. The summed E-state index contributed by atoms with van der Waals surface area (Å²) in [4.78, 5) is 14.4. The van der Waals surface area contributed by atoms with Crippen molar-refractivity contribution >= 4 is 16.7 Å². The third-order valence-electron chi connectivity index (χ3n) is 2.21. The van der Waals surface area contributed by atoms with Crippen LogP contribution >= 0.6 is 0 Å². The van der Waals surface area contributed by atoms with Crippen LogP contribution in [0.25, 0.3) is 10.8 Å². The van der Waals surface area contributed by atoms with Crippen molar-refractivity contribution in [3.63, 3.8) is 0 Å². The smallest absolute Gasteiger partial charge is 0.343 e. The van der Waals surface area contributed by atoms with E-state index in [1.54, 1.807) is 24.4 Å². The van der Waals surface area contributed by atoms with Crippen molar-refractivity contribution < 1.29 is 14.3 Å². The van der Waals surface area contributed by atoms with Gasteiger partial charge in [0, 0.05) is 23.3 Å². The molecule has 3 nitrogen and oxygen atoms in total. The van der Waals surface area contributed by atoms with Crippen LogP contribution in [0.1, 0.15) is 11.7 Å². The van der Waals surface area contributed by atoms with E-state index in [0.717, 1.165) is 5.39 Å². The highest BCUT2D eigenvalue weighted by Crippen LogP contribution is 2.25. The zero-order valence-corrected chi connectivity index (χ0v) is 7.72. The van der Waals surface area contributed by atoms with E-state index in [0.29, 0.717) is 5.39 Å². The Balaban J connectivity index is 2.65. The van der Waals surface area contributed by atoms with Gasteiger partial charge in [-0.15, -0.1) is 0 Å². The Morgan fingerprint density at radius 3 is 2.93 bits per heavy atom. The maximum Gasteiger partial charge on any atom is 0.343 e. The Morgan fingerprint density at radius 2 is 2.20 bits per heavy atom. The summed E-state index contributed by atoms with van der Waals surface area (Å²) in [5.41, 5.74) is 0.146. The van der Waals surface area contributed by atoms with Gasteiger partial charge in [-0.2, -0.15) is 0 Å². The second kappa shape index (κ2) is 3.65. The highest BCUT2D eigenvalue weighted by molar-refractivity contribution is 5.89. The summed E-state index contributed by atoms with van der Waals surface area (Å²) in [6.07, 6.45) is 1.05. The summed E-state index contributed by atoms with van der Waals surface area (Å²) in [5, 5.41) is 9.92. The Labute approximate surface area is 85.2 Å². The van der Waals surface area contributed by atoms with Gasteiger partial charge in [0.05, 0.1) is 0 Å². The molecule has 1 aromatic heterocycles. The van der Waals surface area contributed by atoms with Crippen molar-refractivity contribution in [2.75, 3.05) is 0 Å². The summed E-state index contributed by atoms with van der Waals surface area (Å²) < 4.78 is 13.4. The summed E-state index contributed by atoms with van der Waals surface area (Å²) in [7, 11) is 0. The molecule has 0 aliphatic heterocycles. The first-order valence-electron chi connectivity index (χ1n) is 4.39. The molecule has 4 heteroatoms. The molecule has 1 N–H and O–H groups in total. The van der Waals surface area contributed by atoms with Crippen molar-refractivity contribution in [1.82, 2.24) is 4.98 Å². The molecule has 0 bridgehead atoms. The molecule has 15 heavy (non-hydrogen) atoms. The van der Waals surface area contributed by atoms with Crippen LogP contribution < -0.4 is 0 Å². The maximum atomic E-state index is 13.4. The van der Waals surface area contributed by atoms with E-state index in [1.165, 1.54) is 12.3 Å². The lowest BCUT2D eigenvalue weighted by Crippen LogP contribution is -2.06. The Hall–Kier alpha value is -1.97. The van der Waals surface area contributed by atoms with E-state index in [2.05, 4.69) is 4.98 Å². The highest BCUT2D eigenvalue weighted by atomic mass is 19.1. The van der Waals surface area contributed by atoms with E-state index >= 15 is 0 Å². The topological polar surface area (TPSA) is 50.2 Å². The molecule has 0 saturated heterocycles. The van der Waals surface area contributed by atoms with Crippen molar-refractivity contribution in [2.24, 2.45) is 0 Å². The van der Waals surface area contributed by atoms with Gasteiger partial charge in [-0.1, -0.05) is 18.2 Å². The van der Waals surface area contributed by atoms with Crippen LogP contribution in [0, 0.1) is 0 Å². The minimum absolute atomic E-state index is 0.146. The molecule has 1 unspecified atom stereocenters. The number of rotatable bonds is 2. The second-order valence-corrected chi connectivity index (χ2v) is 3.14. The molecule has 0 radical (unpaired) electrons. The zero-order chi connectivity index (χ0) is 10.8. The summed E-state index contributed by atoms with van der Waals surface area (Å²) in [6.45, 7) is 0. The second-order valence-electron chi connectivity index (χ2n) is 3.14. The van der Waals surface area contributed by atoms with E-state index in [4.69, 9.17) is 5.11 Å². The normalized spacial score (nSPS) is 12.6.